The van der Waals surface area contributed by atoms with Crippen molar-refractivity contribution in [1.82, 2.24) is 10.2 Å². The number of rotatable bonds is 5. The van der Waals surface area contributed by atoms with Gasteiger partial charge in [-0.2, -0.15) is 0 Å². The average Bonchev–Trinajstić information content (AvgIpc) is 2.87. The minimum atomic E-state index is 0.328. The van der Waals surface area contributed by atoms with Gasteiger partial charge in [0.2, 0.25) is 0 Å². The number of aromatic hydroxyl groups is 1. The Morgan fingerprint density at radius 3 is 2.74 bits per heavy atom. The molecule has 1 saturated heterocycles. The van der Waals surface area contributed by atoms with E-state index in [4.69, 9.17) is 0 Å². The standard InChI is InChI=1S/C16H26N2O/c1-12(2)18(11-15-7-5-9-17-15)13(3)14-6-4-8-16(19)10-14/h4,6,8,10,12-13,15,17,19H,5,7,9,11H2,1-3H3. The van der Waals surface area contributed by atoms with Crippen LogP contribution < -0.4 is 5.32 Å². The highest BCUT2D eigenvalue weighted by molar-refractivity contribution is 5.29. The van der Waals surface area contributed by atoms with Gasteiger partial charge in [-0.05, 0) is 57.9 Å². The molecule has 2 rings (SSSR count). The van der Waals surface area contributed by atoms with Gasteiger partial charge in [-0.15, -0.1) is 0 Å². The van der Waals surface area contributed by atoms with E-state index in [0.717, 1.165) is 13.1 Å². The summed E-state index contributed by atoms with van der Waals surface area (Å²) in [6.45, 7) is 8.94. The lowest BCUT2D eigenvalue weighted by Gasteiger charge is -2.35. The Hall–Kier alpha value is -1.06. The molecule has 0 radical (unpaired) electrons. The molecule has 2 atom stereocenters. The van der Waals surface area contributed by atoms with Crippen LogP contribution in [0.25, 0.3) is 0 Å². The fraction of sp³-hybridized carbons (Fsp3) is 0.625. The molecule has 1 aliphatic heterocycles. The fourth-order valence-electron chi connectivity index (χ4n) is 2.96. The van der Waals surface area contributed by atoms with E-state index in [-0.39, 0.29) is 0 Å². The van der Waals surface area contributed by atoms with Crippen LogP contribution in [0.5, 0.6) is 5.75 Å². The molecule has 2 N–H and O–H groups in total. The van der Waals surface area contributed by atoms with Gasteiger partial charge in [0.15, 0.2) is 0 Å². The zero-order chi connectivity index (χ0) is 13.8. The molecule has 0 spiro atoms. The first-order chi connectivity index (χ1) is 9.08. The molecule has 0 aromatic heterocycles. The van der Waals surface area contributed by atoms with Gasteiger partial charge in [-0.25, -0.2) is 0 Å². The van der Waals surface area contributed by atoms with Crippen LogP contribution in [-0.4, -0.2) is 35.2 Å². The van der Waals surface area contributed by atoms with Crippen LogP contribution in [0.4, 0.5) is 0 Å². The molecule has 1 aromatic rings. The predicted octanol–water partition coefficient (Wildman–Crippen LogP) is 2.92. The number of nitrogens with zero attached hydrogens (tertiary/aromatic N) is 1. The van der Waals surface area contributed by atoms with Crippen LogP contribution in [0.15, 0.2) is 24.3 Å². The van der Waals surface area contributed by atoms with Crippen molar-refractivity contribution in [3.8, 4) is 5.75 Å². The maximum absolute atomic E-state index is 9.64. The zero-order valence-corrected chi connectivity index (χ0v) is 12.3. The molecule has 3 nitrogen and oxygen atoms in total. The Morgan fingerprint density at radius 1 is 1.37 bits per heavy atom. The largest absolute Gasteiger partial charge is 0.508 e. The van der Waals surface area contributed by atoms with Crippen LogP contribution >= 0.6 is 0 Å². The van der Waals surface area contributed by atoms with Crippen molar-refractivity contribution in [3.63, 3.8) is 0 Å². The van der Waals surface area contributed by atoms with Gasteiger partial charge >= 0.3 is 0 Å². The summed E-state index contributed by atoms with van der Waals surface area (Å²) in [7, 11) is 0. The van der Waals surface area contributed by atoms with E-state index in [9.17, 15) is 5.11 Å². The van der Waals surface area contributed by atoms with E-state index in [1.54, 1.807) is 6.07 Å². The number of hydrogen-bond donors (Lipinski definition) is 2. The number of nitrogens with one attached hydrogen (secondary N) is 1. The van der Waals surface area contributed by atoms with Crippen molar-refractivity contribution in [3.05, 3.63) is 29.8 Å². The molecule has 3 heteroatoms. The maximum atomic E-state index is 9.64. The smallest absolute Gasteiger partial charge is 0.115 e. The van der Waals surface area contributed by atoms with E-state index in [1.165, 1.54) is 18.4 Å². The average molecular weight is 262 g/mol. The monoisotopic (exact) mass is 262 g/mol. The molecule has 1 aliphatic rings. The Kier molecular flexibility index (Phi) is 4.83. The van der Waals surface area contributed by atoms with Crippen molar-refractivity contribution in [2.24, 2.45) is 0 Å². The molecular formula is C16H26N2O. The summed E-state index contributed by atoms with van der Waals surface area (Å²) in [6, 6.07) is 9.07. The maximum Gasteiger partial charge on any atom is 0.115 e. The molecule has 1 aromatic carbocycles. The van der Waals surface area contributed by atoms with Crippen LogP contribution in [-0.2, 0) is 0 Å². The molecule has 0 saturated carbocycles. The first-order valence-corrected chi connectivity index (χ1v) is 7.36. The molecule has 2 unspecified atom stereocenters. The van der Waals surface area contributed by atoms with Crippen molar-refractivity contribution < 1.29 is 5.11 Å². The van der Waals surface area contributed by atoms with Gasteiger partial charge in [0.05, 0.1) is 0 Å². The summed E-state index contributed by atoms with van der Waals surface area (Å²) in [5, 5.41) is 13.2. The molecule has 0 aliphatic carbocycles. The van der Waals surface area contributed by atoms with Crippen molar-refractivity contribution in [2.75, 3.05) is 13.1 Å². The normalized spacial score (nSPS) is 21.2. The lowest BCUT2D eigenvalue weighted by Crippen LogP contribution is -2.42. The van der Waals surface area contributed by atoms with Gasteiger partial charge in [0.25, 0.3) is 0 Å². The number of benzene rings is 1. The van der Waals surface area contributed by atoms with Crippen molar-refractivity contribution in [2.45, 2.75) is 51.7 Å². The zero-order valence-electron chi connectivity index (χ0n) is 12.3. The first kappa shape index (κ1) is 14.4. The lowest BCUT2D eigenvalue weighted by atomic mass is 10.0. The quantitative estimate of drug-likeness (QED) is 0.856. The Morgan fingerprint density at radius 2 is 2.16 bits per heavy atom. The molecule has 1 heterocycles. The predicted molar refractivity (Wildman–Crippen MR) is 79.4 cm³/mol. The molecule has 0 amide bonds. The third-order valence-corrected chi connectivity index (χ3v) is 4.11. The van der Waals surface area contributed by atoms with Crippen LogP contribution in [0.3, 0.4) is 0 Å². The SMILES string of the molecule is CC(C)N(CC1CCCN1)C(C)c1cccc(O)c1. The molecule has 1 fully saturated rings. The minimum Gasteiger partial charge on any atom is -0.508 e. The van der Waals surface area contributed by atoms with Crippen LogP contribution in [0, 0.1) is 0 Å². The van der Waals surface area contributed by atoms with Gasteiger partial charge in [0, 0.05) is 24.7 Å². The lowest BCUT2D eigenvalue weighted by molar-refractivity contribution is 0.149. The third kappa shape index (κ3) is 3.71. The summed E-state index contributed by atoms with van der Waals surface area (Å²) in [5.74, 6) is 0.354. The van der Waals surface area contributed by atoms with E-state index in [1.807, 2.05) is 12.1 Å². The van der Waals surface area contributed by atoms with Gasteiger partial charge < -0.3 is 10.4 Å². The highest BCUT2D eigenvalue weighted by Crippen LogP contribution is 2.26. The summed E-state index contributed by atoms with van der Waals surface area (Å²) in [6.07, 6.45) is 2.56. The summed E-state index contributed by atoms with van der Waals surface area (Å²) in [4.78, 5) is 2.51. The van der Waals surface area contributed by atoms with Crippen molar-refractivity contribution in [1.29, 1.82) is 0 Å². The Labute approximate surface area is 116 Å². The van der Waals surface area contributed by atoms with Gasteiger partial charge in [-0.1, -0.05) is 12.1 Å². The molecule has 106 valence electrons. The minimum absolute atomic E-state index is 0.328. The number of hydrogen-bond acceptors (Lipinski definition) is 3. The second kappa shape index (κ2) is 6.40. The molecule has 0 bridgehead atoms. The highest BCUT2D eigenvalue weighted by Gasteiger charge is 2.24. The van der Waals surface area contributed by atoms with E-state index < -0.39 is 0 Å². The summed E-state index contributed by atoms with van der Waals surface area (Å²) >= 11 is 0. The number of phenolic OH excluding ortho intramolecular Hbond substituents is 1. The second-order valence-electron chi connectivity index (χ2n) is 5.85. The Bertz CT molecular complexity index is 399. The van der Waals surface area contributed by atoms with E-state index in [0.29, 0.717) is 23.9 Å². The van der Waals surface area contributed by atoms with Gasteiger partial charge in [0.1, 0.15) is 5.75 Å². The highest BCUT2D eigenvalue weighted by atomic mass is 16.3. The second-order valence-corrected chi connectivity index (χ2v) is 5.85. The van der Waals surface area contributed by atoms with Crippen LogP contribution in [0.2, 0.25) is 0 Å². The fourth-order valence-corrected chi connectivity index (χ4v) is 2.96. The van der Waals surface area contributed by atoms with Gasteiger partial charge in [-0.3, -0.25) is 4.90 Å². The molecule has 19 heavy (non-hydrogen) atoms. The van der Waals surface area contributed by atoms with E-state index in [2.05, 4.69) is 37.1 Å². The van der Waals surface area contributed by atoms with Crippen molar-refractivity contribution >= 4 is 0 Å². The number of phenols is 1. The topological polar surface area (TPSA) is 35.5 Å². The van der Waals surface area contributed by atoms with E-state index >= 15 is 0 Å². The summed E-state index contributed by atoms with van der Waals surface area (Å²) < 4.78 is 0. The molecular weight excluding hydrogens is 236 g/mol. The first-order valence-electron chi connectivity index (χ1n) is 7.36. The van der Waals surface area contributed by atoms with Crippen LogP contribution in [0.1, 0.15) is 45.2 Å². The Balaban J connectivity index is 2.09. The third-order valence-electron chi connectivity index (χ3n) is 4.11. The summed E-state index contributed by atoms with van der Waals surface area (Å²) in [5.41, 5.74) is 1.19.